The van der Waals surface area contributed by atoms with E-state index in [1.165, 1.54) is 31.2 Å². The van der Waals surface area contributed by atoms with Crippen LogP contribution in [0.25, 0.3) is 0 Å². The minimum absolute atomic E-state index is 0.0247. The SMILES string of the molecule is C[C@H](NC(=O)[C@@H](NC(=O)CN)C1CCCCC1)C(=O)NCC(=O)N[C@@H](Cc1ccc(O)cc1)C(=O)N[C@@H](CC[C@H](CN)O[C@@H]1O[C@H](CO)[C@H](O)[C@H](O)[C@H]1O)C(=O)NCC(=O)N[C@@H](CCC(=O)O)C(=O)N[C@@H](CCC(N)=O)C(=O)NCC(=O)N1CCC[C@H]1C(=O)N[C@@H](CCCCN)C(=O)NCC(=O)N[C@@H](CCC(=O)O)C(=O)N[C@H](C(=O)O)[C@@H](C)O. The first-order chi connectivity index (χ1) is 56.3. The normalized spacial score (nSPS) is 19.9. The first-order valence-corrected chi connectivity index (χ1v) is 38.9. The van der Waals surface area contributed by atoms with Crippen molar-refractivity contribution in [2.24, 2.45) is 28.9 Å². The average molecular weight is 1700 g/mol. The number of benzene rings is 1. The molecule has 0 aromatic heterocycles. The second-order valence-electron chi connectivity index (χ2n) is 28.9. The largest absolute Gasteiger partial charge is 0.508 e. The van der Waals surface area contributed by atoms with Crippen molar-refractivity contribution in [3.63, 3.8) is 0 Å². The Labute approximate surface area is 682 Å². The first kappa shape index (κ1) is 100. The highest BCUT2D eigenvalue weighted by Gasteiger charge is 2.46. The smallest absolute Gasteiger partial charge is 0.328 e. The third-order valence-corrected chi connectivity index (χ3v) is 19.6. The summed E-state index contributed by atoms with van der Waals surface area (Å²) in [5.41, 5.74) is 22.9. The highest BCUT2D eigenvalue weighted by atomic mass is 16.7. The van der Waals surface area contributed by atoms with Gasteiger partial charge in [0.15, 0.2) is 12.3 Å². The molecule has 0 bridgehead atoms. The van der Waals surface area contributed by atoms with Crippen LogP contribution >= 0.6 is 0 Å². The lowest BCUT2D eigenvalue weighted by molar-refractivity contribution is -0.310. The molecule has 3 aliphatic rings. The van der Waals surface area contributed by atoms with Crippen LogP contribution < -0.4 is 92.1 Å². The second-order valence-corrected chi connectivity index (χ2v) is 28.9. The number of hydrogen-bond acceptors (Lipinski definition) is 29. The van der Waals surface area contributed by atoms with Crippen LogP contribution in [0.3, 0.4) is 0 Å². The van der Waals surface area contributed by atoms with Gasteiger partial charge in [0.05, 0.1) is 51.5 Å². The fourth-order valence-electron chi connectivity index (χ4n) is 13.0. The summed E-state index contributed by atoms with van der Waals surface area (Å²) in [5.74, 6) is -19.9. The number of carboxylic acids is 3. The van der Waals surface area contributed by atoms with Crippen molar-refractivity contribution in [3.8, 4) is 5.75 Å². The van der Waals surface area contributed by atoms with Crippen LogP contribution in [0.1, 0.15) is 135 Å². The number of phenols is 1. The van der Waals surface area contributed by atoms with E-state index in [9.17, 15) is 132 Å². The predicted molar refractivity (Wildman–Crippen MR) is 409 cm³/mol. The van der Waals surface area contributed by atoms with Gasteiger partial charge in [0.2, 0.25) is 88.6 Å². The monoisotopic (exact) mass is 1690 g/mol. The average Bonchev–Trinajstić information content (AvgIpc) is 0.974. The number of aliphatic hydroxyl groups is 5. The molecule has 0 radical (unpaired) electrons. The van der Waals surface area contributed by atoms with Crippen LogP contribution in [0.2, 0.25) is 0 Å². The quantitative estimate of drug-likeness (QED) is 0.0269. The zero-order valence-electron chi connectivity index (χ0n) is 65.9. The fraction of sp³-hybridized carbons (Fsp3) is 0.667. The molecule has 4 rings (SSSR count). The summed E-state index contributed by atoms with van der Waals surface area (Å²) >= 11 is 0. The minimum atomic E-state index is -1.93. The number of nitrogens with one attached hydrogen (secondary N) is 13. The lowest BCUT2D eigenvalue weighted by atomic mass is 9.83. The van der Waals surface area contributed by atoms with E-state index in [0.29, 0.717) is 24.8 Å². The predicted octanol–water partition coefficient (Wildman–Crippen LogP) is -11.2. The van der Waals surface area contributed by atoms with Crippen LogP contribution in [-0.2, 0) is 102 Å². The number of carbonyl (C=O) groups is 18. The summed E-state index contributed by atoms with van der Waals surface area (Å²) in [7, 11) is 0. The van der Waals surface area contributed by atoms with E-state index < -0.39 is 301 Å². The van der Waals surface area contributed by atoms with Crippen molar-refractivity contribution in [1.29, 1.82) is 0 Å². The number of carboxylic acid groups (broad SMARTS) is 3. The molecule has 1 aromatic rings. The van der Waals surface area contributed by atoms with Gasteiger partial charge in [-0.3, -0.25) is 81.5 Å². The molecule has 1 aromatic carbocycles. The van der Waals surface area contributed by atoms with E-state index in [2.05, 4.69) is 63.8 Å². The zero-order valence-corrected chi connectivity index (χ0v) is 65.9. The van der Waals surface area contributed by atoms with Crippen molar-refractivity contribution in [3.05, 3.63) is 29.8 Å². The molecule has 0 spiro atoms. The zero-order chi connectivity index (χ0) is 88.8. The lowest BCUT2D eigenvalue weighted by Crippen LogP contribution is -2.60. The Bertz CT molecular complexity index is 3650. The highest BCUT2D eigenvalue weighted by molar-refractivity contribution is 5.99. The molecule has 2 saturated heterocycles. The van der Waals surface area contributed by atoms with E-state index in [1.54, 1.807) is 0 Å². The number of nitrogens with two attached hydrogens (primary N) is 4. The van der Waals surface area contributed by atoms with E-state index in [0.717, 1.165) is 31.1 Å². The molecular weight excluding hydrogens is 1580 g/mol. The molecule has 1 aliphatic carbocycles. The van der Waals surface area contributed by atoms with E-state index in [-0.39, 0.29) is 63.3 Å². The van der Waals surface area contributed by atoms with Gasteiger partial charge in [-0.25, -0.2) is 4.79 Å². The molecule has 666 valence electrons. The number of ether oxygens (including phenoxy) is 2. The summed E-state index contributed by atoms with van der Waals surface area (Å²) in [6, 6.07) is -10.3. The number of primary amides is 1. The molecule has 2 heterocycles. The Morgan fingerprint density at radius 3 is 1.54 bits per heavy atom. The van der Waals surface area contributed by atoms with Crippen LogP contribution in [0, 0.1) is 5.92 Å². The molecule has 2 aliphatic heterocycles. The van der Waals surface area contributed by atoms with Gasteiger partial charge in [0.25, 0.3) is 0 Å². The Hall–Kier alpha value is -10.9. The number of hydrogen-bond donors (Lipinski definition) is 26. The van der Waals surface area contributed by atoms with Crippen LogP contribution in [0.15, 0.2) is 24.3 Å². The topological polar surface area (TPSA) is 772 Å². The second kappa shape index (κ2) is 51.4. The third-order valence-electron chi connectivity index (χ3n) is 19.6. The first-order valence-electron chi connectivity index (χ1n) is 38.9. The lowest BCUT2D eigenvalue weighted by Gasteiger charge is -2.40. The number of amides is 15. The number of unbranched alkanes of at least 4 members (excludes halogenated alkanes) is 1. The Kier molecular flexibility index (Phi) is 43.4. The maximum absolute atomic E-state index is 14.6. The number of nitrogens with zero attached hydrogens (tertiary/aromatic N) is 1. The number of aliphatic hydroxyl groups excluding tert-OH is 5. The highest BCUT2D eigenvalue weighted by Crippen LogP contribution is 2.28. The van der Waals surface area contributed by atoms with E-state index >= 15 is 0 Å². The van der Waals surface area contributed by atoms with Crippen molar-refractivity contribution in [2.75, 3.05) is 59.0 Å². The minimum Gasteiger partial charge on any atom is -0.508 e. The molecule has 17 atom stereocenters. The molecule has 119 heavy (non-hydrogen) atoms. The number of likely N-dealkylation sites (tertiary alicyclic amines) is 1. The summed E-state index contributed by atoms with van der Waals surface area (Å²) in [6.07, 6.45) is -12.3. The van der Waals surface area contributed by atoms with Gasteiger partial charge < -0.3 is 152 Å². The maximum Gasteiger partial charge on any atom is 0.328 e. The Balaban J connectivity index is 1.52. The summed E-state index contributed by atoms with van der Waals surface area (Å²) in [6.45, 7) is -2.83. The number of rotatable bonds is 52. The summed E-state index contributed by atoms with van der Waals surface area (Å²) in [5, 5.41) is 120. The number of aromatic hydroxyl groups is 1. The van der Waals surface area contributed by atoms with Gasteiger partial charge in [0.1, 0.15) is 84.5 Å². The number of phenolic OH excluding ortho intramolecular Hbond substituents is 1. The van der Waals surface area contributed by atoms with Gasteiger partial charge in [-0.1, -0.05) is 31.4 Å². The van der Waals surface area contributed by atoms with E-state index in [4.69, 9.17) is 32.4 Å². The van der Waals surface area contributed by atoms with Crippen LogP contribution in [0.5, 0.6) is 5.75 Å². The molecule has 3 fully saturated rings. The molecule has 15 amide bonds. The van der Waals surface area contributed by atoms with Gasteiger partial charge in [0, 0.05) is 38.8 Å². The van der Waals surface area contributed by atoms with Gasteiger partial charge in [-0.15, -0.1) is 0 Å². The van der Waals surface area contributed by atoms with Gasteiger partial charge >= 0.3 is 17.9 Å². The standard InChI is InChI=1S/C72H114N18O29/c1-35(81-70(115)58(88-50(95)29-75)38-9-4-3-5-10-38)62(107)77-30-53(98)84-46(27-37-13-15-39(93)16-14-37)68(113)86-42(18-17-40(28-74)118-72-61(106)60(105)59(104)48(34-91)119-72)64(109)79-32-51(96)82-44(20-23-55(100)101)66(111)85-43(19-22-49(76)94)65(110)80-33-54(99)90-26-8-12-47(90)69(114)87-41(11-6-7-25-73)63(108)78-31-52(97)83-45(21-24-56(102)103)67(112)89-57(36(2)92)71(116)117/h13-16,35-36,38,40-48,57-61,72,91-93,104-106H,3-12,17-34,73-75H2,1-2H3,(H2,76,94)(H,77,107)(H,78,108)(H,79,109)(H,80,110)(H,81,115)(H,82,96)(H,83,97)(H,84,98)(H,85,111)(H,86,113)(H,87,114)(H,88,95)(H,89,112)(H,100,101)(H,102,103)(H,116,117)/t35-,36+,40+,41-,42-,43-,44-,45-,46-,47-,48+,57-,58-,59-,60-,61+,72+/m0/s1. The van der Waals surface area contributed by atoms with Gasteiger partial charge in [-0.05, 0) is 121 Å². The van der Waals surface area contributed by atoms with E-state index in [1.807, 2.05) is 5.32 Å². The number of carbonyl (C=O) groups excluding carboxylic acids is 15. The molecular formula is C72H114N18O29. The molecule has 47 heteroatoms. The molecule has 0 unspecified atom stereocenters. The molecule has 1 saturated carbocycles. The fourth-order valence-corrected chi connectivity index (χ4v) is 13.0. The van der Waals surface area contributed by atoms with Crippen LogP contribution in [-0.4, -0.2) is 320 Å². The summed E-state index contributed by atoms with van der Waals surface area (Å²) < 4.78 is 11.3. The maximum atomic E-state index is 14.6. The molecule has 30 N–H and O–H groups in total. The molecule has 47 nitrogen and oxygen atoms in total. The van der Waals surface area contributed by atoms with Crippen molar-refractivity contribution in [2.45, 2.75) is 239 Å². The Morgan fingerprint density at radius 2 is 1.03 bits per heavy atom. The number of aliphatic carboxylic acids is 3. The van der Waals surface area contributed by atoms with Crippen LogP contribution in [0.4, 0.5) is 0 Å². The van der Waals surface area contributed by atoms with Crippen molar-refractivity contribution < 1.29 is 142 Å². The van der Waals surface area contributed by atoms with Crippen molar-refractivity contribution in [1.82, 2.24) is 74.0 Å². The summed E-state index contributed by atoms with van der Waals surface area (Å²) in [4.78, 5) is 240. The third kappa shape index (κ3) is 34.9. The Morgan fingerprint density at radius 1 is 0.521 bits per heavy atom. The van der Waals surface area contributed by atoms with Gasteiger partial charge in [-0.2, -0.15) is 0 Å². The van der Waals surface area contributed by atoms with Crippen molar-refractivity contribution >= 4 is 107 Å².